The summed E-state index contributed by atoms with van der Waals surface area (Å²) in [4.78, 5) is 23.3. The number of benzene rings is 1. The fraction of sp³-hybridized carbons (Fsp3) is 0.0667. The maximum atomic E-state index is 11.1. The van der Waals surface area contributed by atoms with E-state index in [1.54, 1.807) is 6.20 Å². The Bertz CT molecular complexity index is 799. The Kier molecular flexibility index (Phi) is 3.42. The average molecular weight is 280 g/mol. The number of nitrogens with zero attached hydrogens (tertiary/aromatic N) is 3. The largest absolute Gasteiger partial charge is 0.476 e. The molecule has 0 aliphatic carbocycles. The van der Waals surface area contributed by atoms with Crippen LogP contribution < -0.4 is 5.32 Å². The van der Waals surface area contributed by atoms with Crippen LogP contribution in [-0.2, 0) is 6.54 Å². The molecule has 0 aliphatic rings. The van der Waals surface area contributed by atoms with Crippen LogP contribution in [0.15, 0.2) is 48.9 Å². The number of nitrogens with one attached hydrogen (secondary N) is 1. The normalized spacial score (nSPS) is 10.5. The molecule has 6 heteroatoms. The lowest BCUT2D eigenvalue weighted by atomic mass is 10.1. The Balaban J connectivity index is 1.89. The van der Waals surface area contributed by atoms with Gasteiger partial charge in [0.05, 0.1) is 5.52 Å². The van der Waals surface area contributed by atoms with E-state index in [1.165, 1.54) is 12.4 Å². The zero-order valence-corrected chi connectivity index (χ0v) is 11.0. The van der Waals surface area contributed by atoms with Gasteiger partial charge in [-0.1, -0.05) is 24.3 Å². The van der Waals surface area contributed by atoms with Crippen LogP contribution in [-0.4, -0.2) is 26.0 Å². The summed E-state index contributed by atoms with van der Waals surface area (Å²) >= 11 is 0. The molecule has 0 fully saturated rings. The van der Waals surface area contributed by atoms with Crippen molar-refractivity contribution in [1.82, 2.24) is 15.0 Å². The molecule has 3 aromatic rings. The number of hydrogen-bond donors (Lipinski definition) is 2. The molecule has 2 aromatic heterocycles. The van der Waals surface area contributed by atoms with Crippen molar-refractivity contribution >= 4 is 22.7 Å². The van der Waals surface area contributed by atoms with Gasteiger partial charge in [0.2, 0.25) is 0 Å². The third-order valence-corrected chi connectivity index (χ3v) is 3.06. The smallest absolute Gasteiger partial charge is 0.358 e. The minimum Gasteiger partial charge on any atom is -0.476 e. The van der Waals surface area contributed by atoms with Gasteiger partial charge in [0, 0.05) is 30.5 Å². The van der Waals surface area contributed by atoms with Gasteiger partial charge in [-0.3, -0.25) is 4.98 Å². The first-order chi connectivity index (χ1) is 10.3. The van der Waals surface area contributed by atoms with Gasteiger partial charge in [-0.05, 0) is 11.6 Å². The van der Waals surface area contributed by atoms with Crippen molar-refractivity contribution in [3.8, 4) is 0 Å². The number of aromatic carboxylic acids is 1. The molecule has 0 saturated heterocycles. The molecular weight excluding hydrogens is 268 g/mol. The third-order valence-electron chi connectivity index (χ3n) is 3.06. The summed E-state index contributed by atoms with van der Waals surface area (Å²) in [5.74, 6) is -0.862. The molecule has 21 heavy (non-hydrogen) atoms. The van der Waals surface area contributed by atoms with Crippen LogP contribution >= 0.6 is 0 Å². The summed E-state index contributed by atoms with van der Waals surface area (Å²) in [5, 5.41) is 13.1. The second-order valence-corrected chi connectivity index (χ2v) is 4.40. The quantitative estimate of drug-likeness (QED) is 0.762. The topological polar surface area (TPSA) is 88.0 Å². The molecular formula is C15H12N4O2. The number of rotatable bonds is 4. The number of aromatic nitrogens is 3. The van der Waals surface area contributed by atoms with Crippen molar-refractivity contribution in [2.45, 2.75) is 6.54 Å². The Morgan fingerprint density at radius 3 is 2.71 bits per heavy atom. The van der Waals surface area contributed by atoms with Crippen molar-refractivity contribution in [1.29, 1.82) is 0 Å². The van der Waals surface area contributed by atoms with E-state index in [4.69, 9.17) is 5.11 Å². The van der Waals surface area contributed by atoms with Crippen molar-refractivity contribution in [2.75, 3.05) is 5.32 Å². The van der Waals surface area contributed by atoms with Crippen LogP contribution in [0.5, 0.6) is 0 Å². The Labute approximate surface area is 120 Å². The van der Waals surface area contributed by atoms with E-state index in [0.717, 1.165) is 16.5 Å². The summed E-state index contributed by atoms with van der Waals surface area (Å²) in [6.45, 7) is 0.424. The van der Waals surface area contributed by atoms with Crippen molar-refractivity contribution in [3.05, 3.63) is 60.2 Å². The maximum Gasteiger partial charge on any atom is 0.358 e. The highest BCUT2D eigenvalue weighted by atomic mass is 16.4. The van der Waals surface area contributed by atoms with E-state index in [1.807, 2.05) is 30.3 Å². The summed E-state index contributed by atoms with van der Waals surface area (Å²) in [6.07, 6.45) is 4.54. The predicted octanol–water partition coefficient (Wildman–Crippen LogP) is 2.34. The number of carboxylic acid groups (broad SMARTS) is 1. The van der Waals surface area contributed by atoms with Crippen molar-refractivity contribution < 1.29 is 9.90 Å². The van der Waals surface area contributed by atoms with Gasteiger partial charge in [-0.25, -0.2) is 14.8 Å². The molecule has 0 spiro atoms. The number of hydrogen-bond acceptors (Lipinski definition) is 5. The average Bonchev–Trinajstić information content (AvgIpc) is 2.53. The first-order valence-electron chi connectivity index (χ1n) is 6.36. The first kappa shape index (κ1) is 13.0. The van der Waals surface area contributed by atoms with Gasteiger partial charge in [0.25, 0.3) is 0 Å². The summed E-state index contributed by atoms with van der Waals surface area (Å²) < 4.78 is 0. The highest BCUT2D eigenvalue weighted by Crippen LogP contribution is 2.17. The number of fused-ring (bicyclic) bond motifs is 1. The van der Waals surface area contributed by atoms with Crippen LogP contribution in [0.4, 0.5) is 5.82 Å². The van der Waals surface area contributed by atoms with Crippen LogP contribution in [0.3, 0.4) is 0 Å². The molecule has 0 atom stereocenters. The van der Waals surface area contributed by atoms with Crippen LogP contribution in [0, 0.1) is 0 Å². The van der Waals surface area contributed by atoms with Crippen LogP contribution in [0.25, 0.3) is 10.9 Å². The fourth-order valence-corrected chi connectivity index (χ4v) is 2.11. The number of carbonyl (C=O) groups is 1. The zero-order valence-electron chi connectivity index (χ0n) is 11.0. The highest BCUT2D eigenvalue weighted by molar-refractivity contribution is 5.90. The number of anilines is 1. The Morgan fingerprint density at radius 2 is 1.86 bits per heavy atom. The summed E-state index contributed by atoms with van der Waals surface area (Å²) in [6, 6.07) is 9.73. The van der Waals surface area contributed by atoms with E-state index in [9.17, 15) is 4.79 Å². The minimum atomic E-state index is -1.11. The number of para-hydroxylation sites is 1. The molecule has 2 N–H and O–H groups in total. The lowest BCUT2D eigenvalue weighted by Gasteiger charge is -2.09. The van der Waals surface area contributed by atoms with Crippen molar-refractivity contribution in [2.24, 2.45) is 0 Å². The highest BCUT2D eigenvalue weighted by Gasteiger charge is 2.12. The molecule has 3 rings (SSSR count). The third kappa shape index (κ3) is 2.64. The summed E-state index contributed by atoms with van der Waals surface area (Å²) in [5.41, 5.74) is 1.76. The SMILES string of the molecule is O=C(O)c1nccnc1NCc1cccc2cccnc12. The molecule has 0 aliphatic heterocycles. The van der Waals surface area contributed by atoms with Gasteiger partial charge in [0.15, 0.2) is 11.5 Å². The molecule has 2 heterocycles. The predicted molar refractivity (Wildman–Crippen MR) is 78.1 cm³/mol. The van der Waals surface area contributed by atoms with Gasteiger partial charge in [-0.2, -0.15) is 0 Å². The minimum absolute atomic E-state index is 0.0919. The fourth-order valence-electron chi connectivity index (χ4n) is 2.11. The van der Waals surface area contributed by atoms with E-state index < -0.39 is 5.97 Å². The van der Waals surface area contributed by atoms with Crippen LogP contribution in [0.2, 0.25) is 0 Å². The number of carboxylic acids is 1. The van der Waals surface area contributed by atoms with Gasteiger partial charge < -0.3 is 10.4 Å². The maximum absolute atomic E-state index is 11.1. The standard InChI is InChI=1S/C15H12N4O2/c20-15(21)13-14(18-8-7-17-13)19-9-11-4-1-3-10-5-2-6-16-12(10)11/h1-8H,9H2,(H,18,19)(H,20,21). The molecule has 1 aromatic carbocycles. The lowest BCUT2D eigenvalue weighted by molar-refractivity contribution is 0.0691. The van der Waals surface area contributed by atoms with Gasteiger partial charge in [0.1, 0.15) is 0 Å². The Morgan fingerprint density at radius 1 is 1.05 bits per heavy atom. The van der Waals surface area contributed by atoms with E-state index in [0.29, 0.717) is 6.54 Å². The Hall–Kier alpha value is -3.02. The summed E-state index contributed by atoms with van der Waals surface area (Å²) in [7, 11) is 0. The zero-order chi connectivity index (χ0) is 14.7. The molecule has 104 valence electrons. The molecule has 0 amide bonds. The molecule has 0 bridgehead atoms. The molecule has 0 unspecified atom stereocenters. The van der Waals surface area contributed by atoms with Crippen molar-refractivity contribution in [3.63, 3.8) is 0 Å². The first-order valence-corrected chi connectivity index (χ1v) is 6.36. The molecule has 6 nitrogen and oxygen atoms in total. The van der Waals surface area contributed by atoms with Gasteiger partial charge >= 0.3 is 5.97 Å². The van der Waals surface area contributed by atoms with E-state index in [2.05, 4.69) is 20.3 Å². The van der Waals surface area contributed by atoms with E-state index >= 15 is 0 Å². The van der Waals surface area contributed by atoms with Crippen LogP contribution in [0.1, 0.15) is 16.1 Å². The number of pyridine rings is 1. The second kappa shape index (κ2) is 5.54. The monoisotopic (exact) mass is 280 g/mol. The second-order valence-electron chi connectivity index (χ2n) is 4.40. The molecule has 0 radical (unpaired) electrons. The van der Waals surface area contributed by atoms with E-state index in [-0.39, 0.29) is 11.5 Å². The lowest BCUT2D eigenvalue weighted by Crippen LogP contribution is -2.10. The molecule has 0 saturated carbocycles. The van der Waals surface area contributed by atoms with Gasteiger partial charge in [-0.15, -0.1) is 0 Å².